The summed E-state index contributed by atoms with van der Waals surface area (Å²) in [6.45, 7) is 9.64. The third-order valence-corrected chi connectivity index (χ3v) is 3.45. The highest BCUT2D eigenvalue weighted by Crippen LogP contribution is 2.23. The van der Waals surface area contributed by atoms with Gasteiger partial charge in [-0.2, -0.15) is 0 Å². The molecule has 0 aromatic heterocycles. The first kappa shape index (κ1) is 14.9. The summed E-state index contributed by atoms with van der Waals surface area (Å²) < 4.78 is 0. The van der Waals surface area contributed by atoms with Crippen molar-refractivity contribution in [2.24, 2.45) is 5.73 Å². The fourth-order valence-corrected chi connectivity index (χ4v) is 2.23. The molecule has 0 saturated carbocycles. The summed E-state index contributed by atoms with van der Waals surface area (Å²) in [5.74, 6) is 0. The Morgan fingerprint density at radius 1 is 1.13 bits per heavy atom. The van der Waals surface area contributed by atoms with Gasteiger partial charge in [0.1, 0.15) is 0 Å². The third-order valence-electron chi connectivity index (χ3n) is 3.45. The molecule has 0 radical (unpaired) electrons. The lowest BCUT2D eigenvalue weighted by Gasteiger charge is -2.42. The minimum Gasteiger partial charge on any atom is -0.396 e. The van der Waals surface area contributed by atoms with Crippen molar-refractivity contribution in [1.29, 1.82) is 0 Å². The number of rotatable bonds is 9. The van der Waals surface area contributed by atoms with Crippen molar-refractivity contribution in [3.05, 3.63) is 0 Å². The van der Waals surface area contributed by atoms with E-state index in [-0.39, 0.29) is 12.1 Å². The number of hydrogen-bond donors (Lipinski definition) is 2. The summed E-state index contributed by atoms with van der Waals surface area (Å²) >= 11 is 0. The standard InChI is InChI=1S/C12H28N2O/c1-4-8-14(9-7-10-15)12(5-2,6-3)11-13/h15H,4-11,13H2,1-3H3. The second-order valence-corrected chi connectivity index (χ2v) is 4.20. The van der Waals surface area contributed by atoms with Gasteiger partial charge in [0.05, 0.1) is 0 Å². The van der Waals surface area contributed by atoms with Crippen molar-refractivity contribution in [1.82, 2.24) is 4.90 Å². The molecule has 0 unspecified atom stereocenters. The van der Waals surface area contributed by atoms with Crippen LogP contribution in [0.4, 0.5) is 0 Å². The van der Waals surface area contributed by atoms with E-state index in [1.165, 1.54) is 0 Å². The average molecular weight is 216 g/mol. The fraction of sp³-hybridized carbons (Fsp3) is 1.00. The largest absolute Gasteiger partial charge is 0.396 e. The highest BCUT2D eigenvalue weighted by Gasteiger charge is 2.30. The number of aliphatic hydroxyl groups is 1. The van der Waals surface area contributed by atoms with Gasteiger partial charge in [-0.15, -0.1) is 0 Å². The van der Waals surface area contributed by atoms with Crippen LogP contribution in [0.5, 0.6) is 0 Å². The highest BCUT2D eigenvalue weighted by molar-refractivity contribution is 4.89. The normalized spacial score (nSPS) is 12.4. The number of hydrogen-bond acceptors (Lipinski definition) is 3. The number of nitrogens with zero attached hydrogens (tertiary/aromatic N) is 1. The minimum atomic E-state index is 0.144. The van der Waals surface area contributed by atoms with E-state index < -0.39 is 0 Å². The molecule has 15 heavy (non-hydrogen) atoms. The van der Waals surface area contributed by atoms with E-state index >= 15 is 0 Å². The van der Waals surface area contributed by atoms with Crippen LogP contribution in [-0.4, -0.2) is 41.8 Å². The first-order chi connectivity index (χ1) is 7.20. The van der Waals surface area contributed by atoms with E-state index in [2.05, 4.69) is 25.7 Å². The van der Waals surface area contributed by atoms with Crippen molar-refractivity contribution in [3.63, 3.8) is 0 Å². The lowest BCUT2D eigenvalue weighted by molar-refractivity contribution is 0.0770. The zero-order chi connectivity index (χ0) is 11.7. The van der Waals surface area contributed by atoms with Gasteiger partial charge in [-0.05, 0) is 32.2 Å². The van der Waals surface area contributed by atoms with E-state index in [4.69, 9.17) is 10.8 Å². The lowest BCUT2D eigenvalue weighted by Crippen LogP contribution is -2.53. The van der Waals surface area contributed by atoms with E-state index in [1.807, 2.05) is 0 Å². The predicted molar refractivity (Wildman–Crippen MR) is 65.9 cm³/mol. The van der Waals surface area contributed by atoms with Crippen molar-refractivity contribution in [2.75, 3.05) is 26.2 Å². The molecule has 92 valence electrons. The van der Waals surface area contributed by atoms with Crippen LogP contribution in [-0.2, 0) is 0 Å². The van der Waals surface area contributed by atoms with Crippen molar-refractivity contribution in [3.8, 4) is 0 Å². The van der Waals surface area contributed by atoms with Gasteiger partial charge in [-0.3, -0.25) is 4.90 Å². The van der Waals surface area contributed by atoms with E-state index in [9.17, 15) is 0 Å². The highest BCUT2D eigenvalue weighted by atomic mass is 16.3. The Kier molecular flexibility index (Phi) is 8.02. The van der Waals surface area contributed by atoms with Gasteiger partial charge in [0, 0.05) is 25.2 Å². The van der Waals surface area contributed by atoms with Gasteiger partial charge in [0.15, 0.2) is 0 Å². The SMILES string of the molecule is CCCN(CCCO)C(CC)(CC)CN. The minimum absolute atomic E-state index is 0.144. The van der Waals surface area contributed by atoms with Crippen molar-refractivity contribution in [2.45, 2.75) is 52.0 Å². The third kappa shape index (κ3) is 4.09. The molecule has 0 heterocycles. The van der Waals surface area contributed by atoms with Gasteiger partial charge in [0.25, 0.3) is 0 Å². The maximum atomic E-state index is 8.91. The van der Waals surface area contributed by atoms with Crippen molar-refractivity contribution >= 4 is 0 Å². The van der Waals surface area contributed by atoms with Crippen LogP contribution in [0.15, 0.2) is 0 Å². The van der Waals surface area contributed by atoms with Crippen LogP contribution >= 0.6 is 0 Å². The molecule has 0 amide bonds. The molecule has 0 aromatic rings. The van der Waals surface area contributed by atoms with Gasteiger partial charge >= 0.3 is 0 Å². The number of aliphatic hydroxyl groups excluding tert-OH is 1. The second-order valence-electron chi connectivity index (χ2n) is 4.20. The Labute approximate surface area is 94.6 Å². The molecule has 0 spiro atoms. The Hall–Kier alpha value is -0.120. The zero-order valence-electron chi connectivity index (χ0n) is 10.6. The lowest BCUT2D eigenvalue weighted by atomic mass is 9.90. The second kappa shape index (κ2) is 8.08. The molecular formula is C12H28N2O. The maximum Gasteiger partial charge on any atom is 0.0443 e. The molecular weight excluding hydrogens is 188 g/mol. The molecule has 0 aliphatic heterocycles. The summed E-state index contributed by atoms with van der Waals surface area (Å²) in [6.07, 6.45) is 4.17. The maximum absolute atomic E-state index is 8.91. The van der Waals surface area contributed by atoms with Gasteiger partial charge in [0.2, 0.25) is 0 Å². The monoisotopic (exact) mass is 216 g/mol. The van der Waals surface area contributed by atoms with Crippen LogP contribution in [0.2, 0.25) is 0 Å². The molecule has 0 saturated heterocycles. The molecule has 3 N–H and O–H groups in total. The van der Waals surface area contributed by atoms with E-state index in [1.54, 1.807) is 0 Å². The summed E-state index contributed by atoms with van der Waals surface area (Å²) in [5.41, 5.74) is 6.07. The quantitative estimate of drug-likeness (QED) is 0.615. The first-order valence-electron chi connectivity index (χ1n) is 6.26. The smallest absolute Gasteiger partial charge is 0.0443 e. The van der Waals surface area contributed by atoms with Crippen molar-refractivity contribution < 1.29 is 5.11 Å². The van der Waals surface area contributed by atoms with E-state index in [0.717, 1.165) is 38.8 Å². The van der Waals surface area contributed by atoms with Crippen LogP contribution in [0.3, 0.4) is 0 Å². The Morgan fingerprint density at radius 3 is 2.07 bits per heavy atom. The van der Waals surface area contributed by atoms with Crippen LogP contribution in [0.25, 0.3) is 0 Å². The molecule has 0 aliphatic carbocycles. The molecule has 0 rings (SSSR count). The molecule has 0 bridgehead atoms. The molecule has 0 aromatic carbocycles. The van der Waals surface area contributed by atoms with Gasteiger partial charge < -0.3 is 10.8 Å². The summed E-state index contributed by atoms with van der Waals surface area (Å²) in [5, 5.41) is 8.91. The van der Waals surface area contributed by atoms with Crippen LogP contribution < -0.4 is 5.73 Å². The molecule has 3 heteroatoms. The fourth-order valence-electron chi connectivity index (χ4n) is 2.23. The summed E-state index contributed by atoms with van der Waals surface area (Å²) in [6, 6.07) is 0. The summed E-state index contributed by atoms with van der Waals surface area (Å²) in [4.78, 5) is 2.46. The van der Waals surface area contributed by atoms with E-state index in [0.29, 0.717) is 6.54 Å². The molecule has 3 nitrogen and oxygen atoms in total. The first-order valence-corrected chi connectivity index (χ1v) is 6.26. The Balaban J connectivity index is 4.50. The Bertz CT molecular complexity index is 138. The zero-order valence-corrected chi connectivity index (χ0v) is 10.6. The molecule has 0 aliphatic rings. The van der Waals surface area contributed by atoms with Gasteiger partial charge in [-0.25, -0.2) is 0 Å². The summed E-state index contributed by atoms with van der Waals surface area (Å²) in [7, 11) is 0. The number of nitrogens with two attached hydrogens (primary N) is 1. The van der Waals surface area contributed by atoms with Gasteiger partial charge in [-0.1, -0.05) is 20.8 Å². The molecule has 0 fully saturated rings. The van der Waals surface area contributed by atoms with Crippen LogP contribution in [0, 0.1) is 0 Å². The Morgan fingerprint density at radius 2 is 1.73 bits per heavy atom. The topological polar surface area (TPSA) is 49.5 Å². The van der Waals surface area contributed by atoms with Crippen LogP contribution in [0.1, 0.15) is 46.5 Å². The average Bonchev–Trinajstić information content (AvgIpc) is 2.28. The predicted octanol–water partition coefficient (Wildman–Crippen LogP) is 1.60. The molecule has 0 atom stereocenters.